The number of benzene rings is 2. The number of halogens is 2. The van der Waals surface area contributed by atoms with Crippen LogP contribution in [0, 0.1) is 12.7 Å². The second-order valence-electron chi connectivity index (χ2n) is 3.96. The van der Waals surface area contributed by atoms with Crippen molar-refractivity contribution in [2.75, 3.05) is 0 Å². The monoisotopic (exact) mass is 262 g/mol. The molecule has 0 aliphatic heterocycles. The summed E-state index contributed by atoms with van der Waals surface area (Å²) in [4.78, 5) is 4.07. The summed E-state index contributed by atoms with van der Waals surface area (Å²) in [7, 11) is 0. The van der Waals surface area contributed by atoms with E-state index in [9.17, 15) is 4.39 Å². The van der Waals surface area contributed by atoms with E-state index < -0.39 is 5.82 Å². The van der Waals surface area contributed by atoms with Gasteiger partial charge in [0, 0.05) is 10.6 Å². The fourth-order valence-corrected chi connectivity index (χ4v) is 1.74. The predicted molar refractivity (Wildman–Crippen MR) is 73.0 cm³/mol. The first-order chi connectivity index (χ1) is 8.56. The molecule has 2 aromatic rings. The van der Waals surface area contributed by atoms with Gasteiger partial charge in [0.2, 0.25) is 0 Å². The van der Waals surface area contributed by atoms with E-state index in [4.69, 9.17) is 17.3 Å². The van der Waals surface area contributed by atoms with Crippen molar-refractivity contribution in [3.63, 3.8) is 0 Å². The molecule has 2 N–H and O–H groups in total. The third-order valence-electron chi connectivity index (χ3n) is 2.46. The van der Waals surface area contributed by atoms with Crippen molar-refractivity contribution in [3.05, 3.63) is 64.4 Å². The van der Waals surface area contributed by atoms with Gasteiger partial charge in [-0.15, -0.1) is 0 Å². The summed E-state index contributed by atoms with van der Waals surface area (Å²) in [6.07, 6.45) is 0. The Hall–Kier alpha value is -1.87. The van der Waals surface area contributed by atoms with Crippen molar-refractivity contribution in [1.82, 2.24) is 0 Å². The molecule has 0 aromatic heterocycles. The second-order valence-corrected chi connectivity index (χ2v) is 4.40. The lowest BCUT2D eigenvalue weighted by molar-refractivity contribution is 0.630. The Morgan fingerprint density at radius 3 is 2.72 bits per heavy atom. The van der Waals surface area contributed by atoms with Crippen molar-refractivity contribution >= 4 is 23.1 Å². The molecule has 0 amide bonds. The van der Waals surface area contributed by atoms with Crippen molar-refractivity contribution in [3.8, 4) is 0 Å². The first-order valence-corrected chi connectivity index (χ1v) is 5.80. The van der Waals surface area contributed by atoms with Crippen molar-refractivity contribution < 1.29 is 4.39 Å². The minimum absolute atomic E-state index is 0.140. The lowest BCUT2D eigenvalue weighted by Crippen LogP contribution is -2.12. The molecule has 2 aromatic carbocycles. The van der Waals surface area contributed by atoms with Crippen LogP contribution >= 0.6 is 11.6 Å². The van der Waals surface area contributed by atoms with Crippen molar-refractivity contribution in [2.24, 2.45) is 10.7 Å². The Labute approximate surface area is 110 Å². The number of rotatable bonds is 2. The molecular weight excluding hydrogens is 251 g/mol. The number of aryl methyl sites for hydroxylation is 1. The van der Waals surface area contributed by atoms with E-state index in [1.807, 2.05) is 31.2 Å². The van der Waals surface area contributed by atoms with Gasteiger partial charge in [0.15, 0.2) is 0 Å². The van der Waals surface area contributed by atoms with Gasteiger partial charge in [0.05, 0.1) is 0 Å². The van der Waals surface area contributed by atoms with Gasteiger partial charge >= 0.3 is 0 Å². The van der Waals surface area contributed by atoms with Gasteiger partial charge in [-0.25, -0.2) is 9.38 Å². The van der Waals surface area contributed by atoms with Crippen LogP contribution in [0.4, 0.5) is 10.1 Å². The molecule has 18 heavy (non-hydrogen) atoms. The highest BCUT2D eigenvalue weighted by Gasteiger charge is 2.04. The fraction of sp³-hybridized carbons (Fsp3) is 0.0714. The van der Waals surface area contributed by atoms with Crippen LogP contribution in [0.25, 0.3) is 0 Å². The number of amidine groups is 1. The third kappa shape index (κ3) is 2.87. The average Bonchev–Trinajstić information content (AvgIpc) is 2.34. The van der Waals surface area contributed by atoms with Crippen LogP contribution in [0.1, 0.15) is 11.1 Å². The number of aliphatic imine (C=N–C) groups is 1. The molecule has 2 rings (SSSR count). The Kier molecular flexibility index (Phi) is 3.63. The van der Waals surface area contributed by atoms with Crippen LogP contribution in [0.3, 0.4) is 0 Å². The largest absolute Gasteiger partial charge is 0.383 e. The highest BCUT2D eigenvalue weighted by Crippen LogP contribution is 2.22. The molecule has 0 fully saturated rings. The van der Waals surface area contributed by atoms with Crippen molar-refractivity contribution in [2.45, 2.75) is 6.92 Å². The minimum Gasteiger partial charge on any atom is -0.383 e. The van der Waals surface area contributed by atoms with Gasteiger partial charge in [-0.05, 0) is 31.2 Å². The number of nitrogens with zero attached hydrogens (tertiary/aromatic N) is 1. The first-order valence-electron chi connectivity index (χ1n) is 5.42. The lowest BCUT2D eigenvalue weighted by Gasteiger charge is -2.03. The molecule has 0 saturated heterocycles. The minimum atomic E-state index is -0.449. The molecule has 0 atom stereocenters. The first kappa shape index (κ1) is 12.6. The Morgan fingerprint density at radius 2 is 2.00 bits per heavy atom. The Morgan fingerprint density at radius 1 is 1.22 bits per heavy atom. The van der Waals surface area contributed by atoms with Gasteiger partial charge in [0.25, 0.3) is 0 Å². The Balaban J connectivity index is 2.41. The van der Waals surface area contributed by atoms with Gasteiger partial charge in [0.1, 0.15) is 17.3 Å². The van der Waals surface area contributed by atoms with Crippen molar-refractivity contribution in [1.29, 1.82) is 0 Å². The van der Waals surface area contributed by atoms with Gasteiger partial charge < -0.3 is 5.73 Å². The molecular formula is C14H12ClFN2. The molecule has 0 bridgehead atoms. The number of hydrogen-bond donors (Lipinski definition) is 1. The number of hydrogen-bond acceptors (Lipinski definition) is 1. The maximum absolute atomic E-state index is 13.5. The topological polar surface area (TPSA) is 38.4 Å². The van der Waals surface area contributed by atoms with Crippen LogP contribution in [0.15, 0.2) is 47.5 Å². The standard InChI is InChI=1S/C14H12ClFN2/c1-9-3-2-4-10(7-9)14(17)18-13-8-11(15)5-6-12(13)16/h2-8H,1H3,(H2,17,18). The molecule has 0 heterocycles. The van der Waals surface area contributed by atoms with Crippen LogP contribution < -0.4 is 5.73 Å². The van der Waals surface area contributed by atoms with E-state index in [0.29, 0.717) is 5.02 Å². The molecule has 92 valence electrons. The number of nitrogens with two attached hydrogens (primary N) is 1. The summed E-state index contributed by atoms with van der Waals surface area (Å²) in [5.74, 6) is -0.185. The molecule has 0 saturated carbocycles. The summed E-state index contributed by atoms with van der Waals surface area (Å²) in [5, 5.41) is 0.423. The van der Waals surface area contributed by atoms with Crippen LogP contribution in [-0.2, 0) is 0 Å². The van der Waals surface area contributed by atoms with Crippen LogP contribution in [-0.4, -0.2) is 5.84 Å². The zero-order chi connectivity index (χ0) is 13.1. The average molecular weight is 263 g/mol. The molecule has 4 heteroatoms. The highest BCUT2D eigenvalue weighted by atomic mass is 35.5. The predicted octanol–water partition coefficient (Wildman–Crippen LogP) is 3.82. The molecule has 0 aliphatic rings. The van der Waals surface area contributed by atoms with Crippen LogP contribution in [0.2, 0.25) is 5.02 Å². The molecule has 0 aliphatic carbocycles. The molecule has 0 unspecified atom stereocenters. The van der Waals surface area contributed by atoms with Gasteiger partial charge in [-0.2, -0.15) is 0 Å². The summed E-state index contributed by atoms with van der Waals surface area (Å²) < 4.78 is 13.5. The molecule has 2 nitrogen and oxygen atoms in total. The van der Waals surface area contributed by atoms with Crippen LogP contribution in [0.5, 0.6) is 0 Å². The van der Waals surface area contributed by atoms with E-state index in [2.05, 4.69) is 4.99 Å². The summed E-state index contributed by atoms with van der Waals surface area (Å²) in [6.45, 7) is 1.96. The van der Waals surface area contributed by atoms with Gasteiger partial charge in [-0.3, -0.25) is 0 Å². The smallest absolute Gasteiger partial charge is 0.148 e. The normalized spacial score (nSPS) is 11.6. The zero-order valence-corrected chi connectivity index (χ0v) is 10.6. The van der Waals surface area contributed by atoms with E-state index in [-0.39, 0.29) is 11.5 Å². The van der Waals surface area contributed by atoms with E-state index in [1.165, 1.54) is 18.2 Å². The quantitative estimate of drug-likeness (QED) is 0.648. The third-order valence-corrected chi connectivity index (χ3v) is 2.70. The maximum atomic E-state index is 13.5. The lowest BCUT2D eigenvalue weighted by atomic mass is 10.1. The van der Waals surface area contributed by atoms with Gasteiger partial charge in [-0.1, -0.05) is 35.4 Å². The summed E-state index contributed by atoms with van der Waals surface area (Å²) in [6, 6.07) is 11.7. The van der Waals surface area contributed by atoms with E-state index in [0.717, 1.165) is 11.1 Å². The summed E-state index contributed by atoms with van der Waals surface area (Å²) in [5.41, 5.74) is 7.82. The van der Waals surface area contributed by atoms with E-state index in [1.54, 1.807) is 0 Å². The SMILES string of the molecule is Cc1cccc(C(N)=Nc2cc(Cl)ccc2F)c1. The Bertz CT molecular complexity index is 608. The second kappa shape index (κ2) is 5.19. The molecule has 0 radical (unpaired) electrons. The molecule has 0 spiro atoms. The maximum Gasteiger partial charge on any atom is 0.148 e. The fourth-order valence-electron chi connectivity index (χ4n) is 1.57. The zero-order valence-electron chi connectivity index (χ0n) is 9.82. The summed E-state index contributed by atoms with van der Waals surface area (Å²) >= 11 is 5.79. The van der Waals surface area contributed by atoms with E-state index >= 15 is 0 Å². The highest BCUT2D eigenvalue weighted by molar-refractivity contribution is 6.30.